The average molecular weight is 384 g/mol. The summed E-state index contributed by atoms with van der Waals surface area (Å²) in [5.41, 5.74) is 2.32. The maximum Gasteiger partial charge on any atom is 0.241 e. The van der Waals surface area contributed by atoms with Crippen molar-refractivity contribution in [1.82, 2.24) is 4.72 Å². The fourth-order valence-electron chi connectivity index (χ4n) is 3.30. The van der Waals surface area contributed by atoms with Crippen LogP contribution < -0.4 is 4.72 Å². The molecule has 1 aliphatic rings. The number of allylic oxidation sites excluding steroid dienone is 1. The van der Waals surface area contributed by atoms with Crippen LogP contribution in [0.2, 0.25) is 0 Å². The SMILES string of the molecule is Cc1ccc(S(=O)(=O)NC(/C2=C/CCCCCC2=O)c2ccccc2)cc1. The second kappa shape index (κ2) is 8.63. The molecule has 0 fully saturated rings. The minimum absolute atomic E-state index is 0.0233. The number of Topliss-reactive ketones (excluding diaryl/α,β-unsaturated/α-hetero) is 1. The van der Waals surface area contributed by atoms with E-state index in [4.69, 9.17) is 0 Å². The van der Waals surface area contributed by atoms with Crippen LogP contribution in [0.4, 0.5) is 0 Å². The topological polar surface area (TPSA) is 63.2 Å². The summed E-state index contributed by atoms with van der Waals surface area (Å²) in [6.45, 7) is 1.91. The van der Waals surface area contributed by atoms with Crippen LogP contribution in [0, 0.1) is 6.92 Å². The summed E-state index contributed by atoms with van der Waals surface area (Å²) >= 11 is 0. The van der Waals surface area contributed by atoms with E-state index in [1.807, 2.05) is 43.3 Å². The first-order chi connectivity index (χ1) is 13.0. The van der Waals surface area contributed by atoms with E-state index < -0.39 is 16.1 Å². The van der Waals surface area contributed by atoms with E-state index in [1.165, 1.54) is 0 Å². The molecule has 0 saturated carbocycles. The second-order valence-electron chi connectivity index (χ2n) is 6.96. The number of hydrogen-bond donors (Lipinski definition) is 1. The summed E-state index contributed by atoms with van der Waals surface area (Å²) in [5, 5.41) is 0. The lowest BCUT2D eigenvalue weighted by atomic mass is 9.90. The number of carbonyl (C=O) groups excluding carboxylic acids is 1. The largest absolute Gasteiger partial charge is 0.294 e. The summed E-state index contributed by atoms with van der Waals surface area (Å²) in [5.74, 6) is 0.0233. The third kappa shape index (κ3) is 4.93. The van der Waals surface area contributed by atoms with Gasteiger partial charge < -0.3 is 0 Å². The lowest BCUT2D eigenvalue weighted by Gasteiger charge is -2.23. The first kappa shape index (κ1) is 19.5. The van der Waals surface area contributed by atoms with Crippen LogP contribution in [-0.2, 0) is 14.8 Å². The van der Waals surface area contributed by atoms with Crippen molar-refractivity contribution in [2.24, 2.45) is 0 Å². The Kier molecular flexibility index (Phi) is 6.24. The van der Waals surface area contributed by atoms with Crippen molar-refractivity contribution in [1.29, 1.82) is 0 Å². The van der Waals surface area contributed by atoms with Crippen molar-refractivity contribution in [2.75, 3.05) is 0 Å². The molecule has 0 spiro atoms. The highest BCUT2D eigenvalue weighted by atomic mass is 32.2. The Labute approximate surface area is 161 Å². The Balaban J connectivity index is 2.00. The van der Waals surface area contributed by atoms with Crippen molar-refractivity contribution in [3.63, 3.8) is 0 Å². The zero-order chi connectivity index (χ0) is 19.3. The monoisotopic (exact) mass is 383 g/mol. The molecule has 0 heterocycles. The van der Waals surface area contributed by atoms with Gasteiger partial charge in [0.05, 0.1) is 10.9 Å². The Morgan fingerprint density at radius 2 is 1.63 bits per heavy atom. The molecule has 1 aliphatic carbocycles. The van der Waals surface area contributed by atoms with Gasteiger partial charge in [-0.2, -0.15) is 4.72 Å². The summed E-state index contributed by atoms with van der Waals surface area (Å²) in [6, 6.07) is 15.4. The zero-order valence-electron chi connectivity index (χ0n) is 15.5. The summed E-state index contributed by atoms with van der Waals surface area (Å²) in [7, 11) is -3.76. The van der Waals surface area contributed by atoms with Crippen molar-refractivity contribution in [3.8, 4) is 0 Å². The minimum Gasteiger partial charge on any atom is -0.294 e. The van der Waals surface area contributed by atoms with Crippen LogP contribution in [0.15, 0.2) is 71.1 Å². The van der Waals surface area contributed by atoms with Gasteiger partial charge in [0.25, 0.3) is 0 Å². The molecule has 5 heteroatoms. The van der Waals surface area contributed by atoms with Crippen LogP contribution in [0.1, 0.15) is 49.3 Å². The molecule has 1 unspecified atom stereocenters. The lowest BCUT2D eigenvalue weighted by Crippen LogP contribution is -2.32. The van der Waals surface area contributed by atoms with Gasteiger partial charge in [0, 0.05) is 12.0 Å². The fourth-order valence-corrected chi connectivity index (χ4v) is 4.50. The molecular weight excluding hydrogens is 358 g/mol. The van der Waals surface area contributed by atoms with Crippen molar-refractivity contribution in [2.45, 2.75) is 50.0 Å². The molecule has 0 amide bonds. The molecule has 0 bridgehead atoms. The molecular formula is C22H25NO3S. The quantitative estimate of drug-likeness (QED) is 0.828. The highest BCUT2D eigenvalue weighted by Gasteiger charge is 2.28. The van der Waals surface area contributed by atoms with Gasteiger partial charge >= 0.3 is 0 Å². The number of benzene rings is 2. The molecule has 1 atom stereocenters. The Hall–Kier alpha value is -2.24. The zero-order valence-corrected chi connectivity index (χ0v) is 16.3. The smallest absolute Gasteiger partial charge is 0.241 e. The molecule has 142 valence electrons. The Morgan fingerprint density at radius 3 is 2.33 bits per heavy atom. The summed E-state index contributed by atoms with van der Waals surface area (Å²) in [6.07, 6.45) is 6.06. The maximum atomic E-state index is 13.0. The van der Waals surface area contributed by atoms with Crippen LogP contribution >= 0.6 is 0 Å². The summed E-state index contributed by atoms with van der Waals surface area (Å²) < 4.78 is 28.7. The predicted octanol–water partition coefficient (Wildman–Crippen LogP) is 4.47. The van der Waals surface area contributed by atoms with Crippen LogP contribution in [0.3, 0.4) is 0 Å². The minimum atomic E-state index is -3.76. The summed E-state index contributed by atoms with van der Waals surface area (Å²) in [4.78, 5) is 12.9. The van der Waals surface area contributed by atoms with Gasteiger partial charge in [0.15, 0.2) is 5.78 Å². The molecule has 2 aromatic rings. The molecule has 0 aromatic heterocycles. The lowest BCUT2D eigenvalue weighted by molar-refractivity contribution is -0.116. The molecule has 3 rings (SSSR count). The number of sulfonamides is 1. The van der Waals surface area contributed by atoms with Gasteiger partial charge in [-0.1, -0.05) is 60.5 Å². The van der Waals surface area contributed by atoms with Crippen LogP contribution in [-0.4, -0.2) is 14.2 Å². The molecule has 4 nitrogen and oxygen atoms in total. The number of hydrogen-bond acceptors (Lipinski definition) is 3. The third-order valence-corrected chi connectivity index (χ3v) is 6.28. The number of nitrogens with one attached hydrogen (secondary N) is 1. The third-order valence-electron chi connectivity index (χ3n) is 4.84. The van der Waals surface area contributed by atoms with Gasteiger partial charge in [-0.3, -0.25) is 4.79 Å². The highest BCUT2D eigenvalue weighted by molar-refractivity contribution is 7.89. The van der Waals surface area contributed by atoms with Gasteiger partial charge in [0.1, 0.15) is 0 Å². The number of carbonyl (C=O) groups is 1. The number of ketones is 1. The predicted molar refractivity (Wildman–Crippen MR) is 107 cm³/mol. The fraction of sp³-hybridized carbons (Fsp3) is 0.318. The molecule has 0 aliphatic heterocycles. The van der Waals surface area contributed by atoms with E-state index in [-0.39, 0.29) is 10.7 Å². The molecule has 0 radical (unpaired) electrons. The first-order valence-corrected chi connectivity index (χ1v) is 10.8. The number of rotatable bonds is 5. The molecule has 2 aromatic carbocycles. The van der Waals surface area contributed by atoms with Gasteiger partial charge in [0.2, 0.25) is 10.0 Å². The van der Waals surface area contributed by atoms with E-state index in [2.05, 4.69) is 4.72 Å². The molecule has 1 N–H and O–H groups in total. The molecule has 27 heavy (non-hydrogen) atoms. The van der Waals surface area contributed by atoms with Gasteiger partial charge in [-0.05, 0) is 43.9 Å². The average Bonchev–Trinajstić information content (AvgIpc) is 2.65. The van der Waals surface area contributed by atoms with E-state index in [1.54, 1.807) is 24.3 Å². The van der Waals surface area contributed by atoms with Crippen molar-refractivity contribution < 1.29 is 13.2 Å². The van der Waals surface area contributed by atoms with Crippen molar-refractivity contribution >= 4 is 15.8 Å². The Morgan fingerprint density at radius 1 is 0.926 bits per heavy atom. The standard InChI is InChI=1S/C22H25NO3S/c1-17-13-15-19(16-14-17)27(25,26)23-22(18-9-5-4-6-10-18)20-11-7-2-3-8-12-21(20)24/h4-6,9-11,13-16,22-23H,2-3,7-8,12H2,1H3/b20-11+. The number of aryl methyl sites for hydroxylation is 1. The van der Waals surface area contributed by atoms with Crippen LogP contribution in [0.5, 0.6) is 0 Å². The normalized spacial score (nSPS) is 18.9. The first-order valence-electron chi connectivity index (χ1n) is 9.34. The van der Waals surface area contributed by atoms with E-state index >= 15 is 0 Å². The van der Waals surface area contributed by atoms with Gasteiger partial charge in [-0.25, -0.2) is 8.42 Å². The van der Waals surface area contributed by atoms with Crippen molar-refractivity contribution in [3.05, 3.63) is 77.4 Å². The Bertz CT molecular complexity index is 916. The molecule has 0 saturated heterocycles. The van der Waals surface area contributed by atoms with Crippen LogP contribution in [0.25, 0.3) is 0 Å². The van der Waals surface area contributed by atoms with Gasteiger partial charge in [-0.15, -0.1) is 0 Å². The maximum absolute atomic E-state index is 13.0. The highest BCUT2D eigenvalue weighted by Crippen LogP contribution is 2.28. The van der Waals surface area contributed by atoms with E-state index in [0.29, 0.717) is 12.0 Å². The van der Waals surface area contributed by atoms with E-state index in [0.717, 1.165) is 36.8 Å². The second-order valence-corrected chi connectivity index (χ2v) is 8.67. The van der Waals surface area contributed by atoms with E-state index in [9.17, 15) is 13.2 Å².